The molecule has 1 N–H and O–H groups in total. The third-order valence-corrected chi connectivity index (χ3v) is 4.00. The Bertz CT molecular complexity index is 505. The third-order valence-electron chi connectivity index (χ3n) is 4.00. The number of nitrogens with one attached hydrogen (secondary N) is 1. The van der Waals surface area contributed by atoms with Gasteiger partial charge in [-0.25, -0.2) is 0 Å². The lowest BCUT2D eigenvalue weighted by Gasteiger charge is -2.35. The smallest absolute Gasteiger partial charge is 0.167 e. The minimum atomic E-state index is 0.361. The lowest BCUT2D eigenvalue weighted by atomic mass is 9.94. The monoisotopic (exact) mass is 259 g/mol. The van der Waals surface area contributed by atoms with Gasteiger partial charge >= 0.3 is 0 Å². The van der Waals surface area contributed by atoms with Crippen molar-refractivity contribution in [3.05, 3.63) is 16.8 Å². The number of nitriles is 1. The van der Waals surface area contributed by atoms with Gasteiger partial charge in [-0.1, -0.05) is 6.92 Å². The van der Waals surface area contributed by atoms with E-state index in [0.29, 0.717) is 23.3 Å². The van der Waals surface area contributed by atoms with Crippen molar-refractivity contribution in [2.24, 2.45) is 5.92 Å². The van der Waals surface area contributed by atoms with E-state index in [-0.39, 0.29) is 0 Å². The van der Waals surface area contributed by atoms with Gasteiger partial charge in [0.2, 0.25) is 0 Å². The van der Waals surface area contributed by atoms with Gasteiger partial charge in [0.25, 0.3) is 0 Å². The van der Waals surface area contributed by atoms with E-state index in [1.165, 1.54) is 0 Å². The predicted octanol–water partition coefficient (Wildman–Crippen LogP) is 1.72. The maximum absolute atomic E-state index is 9.30. The van der Waals surface area contributed by atoms with Gasteiger partial charge in [0.05, 0.1) is 5.69 Å². The van der Waals surface area contributed by atoms with Gasteiger partial charge in [-0.3, -0.25) is 0 Å². The van der Waals surface area contributed by atoms with E-state index >= 15 is 0 Å². The molecule has 2 heterocycles. The first-order chi connectivity index (χ1) is 9.02. The van der Waals surface area contributed by atoms with E-state index in [4.69, 9.17) is 0 Å². The Morgan fingerprint density at radius 1 is 1.37 bits per heavy atom. The van der Waals surface area contributed by atoms with Crippen molar-refractivity contribution in [3.63, 3.8) is 0 Å². The minimum absolute atomic E-state index is 0.361. The molecule has 0 amide bonds. The maximum atomic E-state index is 9.30. The summed E-state index contributed by atoms with van der Waals surface area (Å²) in [6, 6.07) is 2.60. The lowest BCUT2D eigenvalue weighted by Crippen LogP contribution is -2.43. The molecule has 1 fully saturated rings. The molecule has 2 rings (SSSR count). The first-order valence-corrected chi connectivity index (χ1v) is 6.72. The van der Waals surface area contributed by atoms with E-state index in [9.17, 15) is 5.26 Å². The molecular weight excluding hydrogens is 238 g/mol. The molecule has 0 spiro atoms. The largest absolute Gasteiger partial charge is 0.364 e. The van der Waals surface area contributed by atoms with Crippen LogP contribution in [0.2, 0.25) is 0 Å². The van der Waals surface area contributed by atoms with Crippen molar-refractivity contribution in [2.75, 3.05) is 25.5 Å². The van der Waals surface area contributed by atoms with Gasteiger partial charge in [-0.15, -0.1) is 5.10 Å². The van der Waals surface area contributed by atoms with Gasteiger partial charge in [0.15, 0.2) is 5.82 Å². The number of piperidine rings is 1. The summed E-state index contributed by atoms with van der Waals surface area (Å²) < 4.78 is 0. The van der Waals surface area contributed by atoms with Crippen LogP contribution in [0.25, 0.3) is 0 Å². The molecule has 2 unspecified atom stereocenters. The standard InChI is InChI=1S/C14H21N5/c1-9-8-19(4)6-5-13(9)16-14-12(7-15)10(2)11(3)17-18-14/h9,13H,5-6,8H2,1-4H3,(H,16,18). The van der Waals surface area contributed by atoms with Gasteiger partial charge in [-0.05, 0) is 45.3 Å². The van der Waals surface area contributed by atoms with Gasteiger partial charge in [0, 0.05) is 12.6 Å². The highest BCUT2D eigenvalue weighted by Gasteiger charge is 2.25. The van der Waals surface area contributed by atoms with Crippen molar-refractivity contribution >= 4 is 5.82 Å². The molecule has 0 aromatic carbocycles. The van der Waals surface area contributed by atoms with E-state index in [1.54, 1.807) is 0 Å². The molecule has 5 nitrogen and oxygen atoms in total. The van der Waals surface area contributed by atoms with Gasteiger partial charge in [0.1, 0.15) is 11.6 Å². The van der Waals surface area contributed by atoms with E-state index < -0.39 is 0 Å². The molecule has 19 heavy (non-hydrogen) atoms. The molecule has 0 radical (unpaired) electrons. The summed E-state index contributed by atoms with van der Waals surface area (Å²) in [4.78, 5) is 2.33. The Labute approximate surface area is 114 Å². The van der Waals surface area contributed by atoms with Crippen LogP contribution in [0.1, 0.15) is 30.2 Å². The number of rotatable bonds is 2. The molecule has 1 aliphatic rings. The predicted molar refractivity (Wildman–Crippen MR) is 74.9 cm³/mol. The topological polar surface area (TPSA) is 64.8 Å². The van der Waals surface area contributed by atoms with Crippen molar-refractivity contribution in [1.82, 2.24) is 15.1 Å². The second kappa shape index (κ2) is 5.54. The second-order valence-corrected chi connectivity index (χ2v) is 5.52. The Kier molecular flexibility index (Phi) is 4.01. The lowest BCUT2D eigenvalue weighted by molar-refractivity contribution is 0.206. The zero-order chi connectivity index (χ0) is 14.0. The number of aromatic nitrogens is 2. The van der Waals surface area contributed by atoms with Gasteiger partial charge in [-0.2, -0.15) is 10.4 Å². The second-order valence-electron chi connectivity index (χ2n) is 5.52. The summed E-state index contributed by atoms with van der Waals surface area (Å²) in [5.74, 6) is 1.17. The average molecular weight is 259 g/mol. The third kappa shape index (κ3) is 2.85. The first-order valence-electron chi connectivity index (χ1n) is 6.72. The number of aryl methyl sites for hydroxylation is 1. The highest BCUT2D eigenvalue weighted by atomic mass is 15.2. The molecule has 102 valence electrons. The van der Waals surface area contributed by atoms with Crippen molar-refractivity contribution in [2.45, 2.75) is 33.2 Å². The van der Waals surface area contributed by atoms with Crippen LogP contribution >= 0.6 is 0 Å². The zero-order valence-corrected chi connectivity index (χ0v) is 12.1. The maximum Gasteiger partial charge on any atom is 0.167 e. The molecule has 1 saturated heterocycles. The molecule has 5 heteroatoms. The van der Waals surface area contributed by atoms with Crippen molar-refractivity contribution in [1.29, 1.82) is 5.26 Å². The fourth-order valence-corrected chi connectivity index (χ4v) is 2.59. The fourth-order valence-electron chi connectivity index (χ4n) is 2.59. The van der Waals surface area contributed by atoms with Crippen LogP contribution in [0, 0.1) is 31.1 Å². The highest BCUT2D eigenvalue weighted by Crippen LogP contribution is 2.23. The fraction of sp³-hybridized carbons (Fsp3) is 0.643. The summed E-state index contributed by atoms with van der Waals surface area (Å²) >= 11 is 0. The Morgan fingerprint density at radius 2 is 2.11 bits per heavy atom. The SMILES string of the molecule is Cc1nnc(NC2CCN(C)CC2C)c(C#N)c1C. The van der Waals surface area contributed by atoms with Crippen LogP contribution in [0.5, 0.6) is 0 Å². The van der Waals surface area contributed by atoms with Crippen LogP contribution in [0.4, 0.5) is 5.82 Å². The number of hydrogen-bond donors (Lipinski definition) is 1. The Balaban J connectivity index is 2.20. The van der Waals surface area contributed by atoms with E-state index in [1.807, 2.05) is 13.8 Å². The zero-order valence-electron chi connectivity index (χ0n) is 12.1. The number of nitrogens with zero attached hydrogens (tertiary/aromatic N) is 4. The number of likely N-dealkylation sites (tertiary alicyclic amines) is 1. The minimum Gasteiger partial charge on any atom is -0.364 e. The van der Waals surface area contributed by atoms with Crippen molar-refractivity contribution < 1.29 is 0 Å². The van der Waals surface area contributed by atoms with Crippen LogP contribution < -0.4 is 5.32 Å². The summed E-state index contributed by atoms with van der Waals surface area (Å²) in [6.45, 7) is 8.17. The molecule has 0 aliphatic carbocycles. The normalized spacial score (nSPS) is 23.9. The molecule has 1 aromatic heterocycles. The number of hydrogen-bond acceptors (Lipinski definition) is 5. The Morgan fingerprint density at radius 3 is 2.74 bits per heavy atom. The summed E-state index contributed by atoms with van der Waals surface area (Å²) in [7, 11) is 2.14. The molecule has 2 atom stereocenters. The van der Waals surface area contributed by atoms with Crippen LogP contribution in [-0.2, 0) is 0 Å². The van der Waals surface area contributed by atoms with E-state index in [0.717, 1.165) is 30.8 Å². The summed E-state index contributed by atoms with van der Waals surface area (Å²) in [5, 5.41) is 21.0. The average Bonchev–Trinajstić information content (AvgIpc) is 2.37. The molecule has 1 aliphatic heterocycles. The van der Waals surface area contributed by atoms with Crippen molar-refractivity contribution in [3.8, 4) is 6.07 Å². The molecule has 1 aromatic rings. The molecule has 0 saturated carbocycles. The van der Waals surface area contributed by atoms with Gasteiger partial charge < -0.3 is 10.2 Å². The number of anilines is 1. The first kappa shape index (κ1) is 13.8. The highest BCUT2D eigenvalue weighted by molar-refractivity contribution is 5.56. The Hall–Kier alpha value is -1.67. The quantitative estimate of drug-likeness (QED) is 0.876. The van der Waals surface area contributed by atoms with Crippen LogP contribution in [-0.4, -0.2) is 41.3 Å². The van der Waals surface area contributed by atoms with E-state index in [2.05, 4.69) is 40.5 Å². The van der Waals surface area contributed by atoms with Crippen LogP contribution in [0.3, 0.4) is 0 Å². The summed E-state index contributed by atoms with van der Waals surface area (Å²) in [5.41, 5.74) is 2.36. The molecular formula is C14H21N5. The summed E-state index contributed by atoms with van der Waals surface area (Å²) in [6.07, 6.45) is 1.07. The molecule has 0 bridgehead atoms. The van der Waals surface area contributed by atoms with Crippen LogP contribution in [0.15, 0.2) is 0 Å².